The molecule has 218 valence electrons. The fraction of sp³-hybridized carbons (Fsp3) is 0. The summed E-state index contributed by atoms with van der Waals surface area (Å²) < 4.78 is 253. The molecule has 0 spiro atoms. The van der Waals surface area contributed by atoms with Gasteiger partial charge in [0.25, 0.3) is 0 Å². The average Bonchev–Trinajstić information content (AvgIpc) is 3.84. The van der Waals surface area contributed by atoms with Crippen molar-refractivity contribution in [1.82, 2.24) is 0 Å². The van der Waals surface area contributed by atoms with E-state index in [1.165, 1.54) is 0 Å². The Bertz CT molecular complexity index is 4330. The van der Waals surface area contributed by atoms with Gasteiger partial charge in [0.05, 0.1) is 38.4 Å². The largest absolute Gasteiger partial charge is 0.135 e. The van der Waals surface area contributed by atoms with Crippen molar-refractivity contribution in [3.05, 3.63) is 169 Å². The minimum atomic E-state index is -1.01. The zero-order valence-electron chi connectivity index (χ0n) is 51.4. The first-order valence-corrected chi connectivity index (χ1v) is 14.7. The number of hydrogen-bond donors (Lipinski definition) is 0. The Morgan fingerprint density at radius 1 is 0.340 bits per heavy atom. The van der Waals surface area contributed by atoms with Gasteiger partial charge >= 0.3 is 0 Å². The molecule has 0 radical (unpaired) electrons. The van der Waals surface area contributed by atoms with Gasteiger partial charge in [-0.3, -0.25) is 0 Å². The standard InChI is InChI=1S/C46H28S/c1-2-13-29(14-3-1)32-27-28-41(45-40-21-10-11-24-42(40)47-46(32)45)44-38-19-8-6-17-36(38)43(37-18-7-9-20-39(37)44)35-23-12-22-33-31-16-5-4-15-30(31)25-26-34(33)35/h1-28H/i1D,2D,3D,4D,5D,6D,7D,8D,9D,10D,11D,12D,13D,14D,15D,16D,17D,18D,19D,20D,21D,22D,23D,24D,25D,26D,27D,28D. The minimum Gasteiger partial charge on any atom is -0.135 e. The molecular weight excluding hydrogens is 585 g/mol. The van der Waals surface area contributed by atoms with Crippen LogP contribution in [-0.2, 0) is 0 Å². The predicted octanol–water partition coefficient (Wildman–Crippen LogP) is 13.7. The maximum absolute atomic E-state index is 9.93. The van der Waals surface area contributed by atoms with Gasteiger partial charge in [0, 0.05) is 20.2 Å². The monoisotopic (exact) mass is 640 g/mol. The normalized spacial score (nSPS) is 20.2. The average molecular weight is 641 g/mol. The van der Waals surface area contributed by atoms with E-state index in [1.54, 1.807) is 0 Å². The highest BCUT2D eigenvalue weighted by molar-refractivity contribution is 7.26. The second-order valence-electron chi connectivity index (χ2n) is 10.3. The summed E-state index contributed by atoms with van der Waals surface area (Å²) in [4.78, 5) is 0. The first kappa shape index (κ1) is 10.9. The fourth-order valence-electron chi connectivity index (χ4n) is 5.97. The van der Waals surface area contributed by atoms with E-state index in [9.17, 15) is 12.3 Å². The molecule has 10 rings (SSSR count). The molecule has 0 fully saturated rings. The molecule has 10 aromatic rings. The summed E-state index contributed by atoms with van der Waals surface area (Å²) in [5, 5.41) is -6.16. The molecule has 1 heterocycles. The summed E-state index contributed by atoms with van der Waals surface area (Å²) in [6.07, 6.45) is 0. The molecule has 0 unspecified atom stereocenters. The van der Waals surface area contributed by atoms with Crippen molar-refractivity contribution in [2.24, 2.45) is 0 Å². The molecule has 47 heavy (non-hydrogen) atoms. The quantitative estimate of drug-likeness (QED) is 0.133. The Morgan fingerprint density at radius 2 is 0.894 bits per heavy atom. The number of thiophene rings is 1. The van der Waals surface area contributed by atoms with E-state index in [1.807, 2.05) is 0 Å². The molecule has 1 heteroatoms. The zero-order valence-corrected chi connectivity index (χ0v) is 24.2. The Hall–Kier alpha value is -5.76. The summed E-state index contributed by atoms with van der Waals surface area (Å²) in [6, 6.07) is -25.3. The van der Waals surface area contributed by atoms with Crippen molar-refractivity contribution in [2.45, 2.75) is 0 Å². The summed E-state index contributed by atoms with van der Waals surface area (Å²) in [5.74, 6) is 0. The fourth-order valence-corrected chi connectivity index (χ4v) is 7.09. The Kier molecular flexibility index (Phi) is 2.41. The van der Waals surface area contributed by atoms with Gasteiger partial charge < -0.3 is 0 Å². The van der Waals surface area contributed by atoms with Crippen molar-refractivity contribution in [2.75, 3.05) is 0 Å². The molecule has 0 saturated heterocycles. The van der Waals surface area contributed by atoms with E-state index in [-0.39, 0.29) is 9.40 Å². The third kappa shape index (κ3) is 3.94. The number of hydrogen-bond acceptors (Lipinski definition) is 1. The third-order valence-corrected chi connectivity index (χ3v) is 9.00. The van der Waals surface area contributed by atoms with E-state index < -0.39 is 256 Å². The maximum atomic E-state index is 9.93. The van der Waals surface area contributed by atoms with Gasteiger partial charge in [0.2, 0.25) is 0 Å². The van der Waals surface area contributed by atoms with Crippen LogP contribution in [0.2, 0.25) is 0 Å². The van der Waals surface area contributed by atoms with Crippen molar-refractivity contribution < 1.29 is 38.4 Å². The van der Waals surface area contributed by atoms with Crippen LogP contribution in [0.1, 0.15) is 38.4 Å². The Balaban J connectivity index is 1.60. The molecule has 0 N–H and O–H groups in total. The Labute approximate surface area is 316 Å². The maximum Gasteiger partial charge on any atom is 0.0638 e. The highest BCUT2D eigenvalue weighted by Crippen LogP contribution is 2.50. The van der Waals surface area contributed by atoms with Crippen molar-refractivity contribution in [3.63, 3.8) is 0 Å². The van der Waals surface area contributed by atoms with Crippen LogP contribution in [0, 0.1) is 0 Å². The molecule has 0 aliphatic rings. The lowest BCUT2D eigenvalue weighted by atomic mass is 9.83. The van der Waals surface area contributed by atoms with E-state index in [0.717, 1.165) is 0 Å². The molecule has 0 atom stereocenters. The molecular formula is C46H28S. The summed E-state index contributed by atoms with van der Waals surface area (Å²) >= 11 is 0.555. The summed E-state index contributed by atoms with van der Waals surface area (Å²) in [6.45, 7) is 0. The molecule has 0 aliphatic carbocycles. The van der Waals surface area contributed by atoms with Crippen LogP contribution >= 0.6 is 11.3 Å². The zero-order chi connectivity index (χ0) is 55.3. The van der Waals surface area contributed by atoms with Crippen LogP contribution in [0.3, 0.4) is 0 Å². The predicted molar refractivity (Wildman–Crippen MR) is 206 cm³/mol. The van der Waals surface area contributed by atoms with Crippen LogP contribution < -0.4 is 0 Å². The van der Waals surface area contributed by atoms with Gasteiger partial charge in [-0.2, -0.15) is 0 Å². The SMILES string of the molecule is [2H]c1c([2H])c([2H])c(-c2c([2H])c([2H])c(-c3c4c([2H])c([2H])c([2H])c([2H])c4c(-c4c([2H])c([2H])c([2H])c5c4c([2H])c([2H])c4c([2H])c([2H])c([2H])c([2H])c45)c4c([2H])c([2H])c([2H])c([2H])c34)c3c2sc2c([2H])c([2H])c([2H])c([2H])c23)c([2H])c1[2H]. The van der Waals surface area contributed by atoms with E-state index in [0.29, 0.717) is 11.3 Å². The van der Waals surface area contributed by atoms with E-state index >= 15 is 0 Å². The smallest absolute Gasteiger partial charge is 0.0638 e. The van der Waals surface area contributed by atoms with Gasteiger partial charge in [-0.05, 0) is 82.5 Å². The lowest BCUT2D eigenvalue weighted by molar-refractivity contribution is 1.66. The van der Waals surface area contributed by atoms with Crippen molar-refractivity contribution in [1.29, 1.82) is 0 Å². The summed E-state index contributed by atoms with van der Waals surface area (Å²) in [5.41, 5.74) is -3.99. The van der Waals surface area contributed by atoms with Crippen LogP contribution in [0.5, 0.6) is 0 Å². The lowest BCUT2D eigenvalue weighted by Gasteiger charge is -2.20. The third-order valence-electron chi connectivity index (χ3n) is 7.87. The van der Waals surface area contributed by atoms with Crippen LogP contribution in [-0.4, -0.2) is 0 Å². The van der Waals surface area contributed by atoms with Crippen LogP contribution in [0.15, 0.2) is 169 Å². The minimum absolute atomic E-state index is 0.270. The Morgan fingerprint density at radius 3 is 1.62 bits per heavy atom. The molecule has 0 amide bonds. The molecule has 0 nitrogen and oxygen atoms in total. The lowest BCUT2D eigenvalue weighted by Crippen LogP contribution is -1.92. The summed E-state index contributed by atoms with van der Waals surface area (Å²) in [7, 11) is 0. The van der Waals surface area contributed by atoms with Gasteiger partial charge in [-0.25, -0.2) is 0 Å². The van der Waals surface area contributed by atoms with Gasteiger partial charge in [-0.15, -0.1) is 11.3 Å². The van der Waals surface area contributed by atoms with Crippen molar-refractivity contribution in [3.8, 4) is 33.4 Å². The van der Waals surface area contributed by atoms with Crippen LogP contribution in [0.4, 0.5) is 0 Å². The molecule has 9 aromatic carbocycles. The molecule has 0 aliphatic heterocycles. The first-order chi connectivity index (χ1) is 35.0. The molecule has 1 aromatic heterocycles. The second kappa shape index (κ2) is 10.4. The number of benzene rings is 9. The highest BCUT2D eigenvalue weighted by Gasteiger charge is 2.22. The second-order valence-corrected chi connectivity index (χ2v) is 11.3. The van der Waals surface area contributed by atoms with E-state index in [4.69, 9.17) is 26.0 Å². The van der Waals surface area contributed by atoms with Gasteiger partial charge in [0.1, 0.15) is 0 Å². The van der Waals surface area contributed by atoms with Gasteiger partial charge in [-0.1, -0.05) is 163 Å². The number of rotatable bonds is 3. The molecule has 0 saturated carbocycles. The topological polar surface area (TPSA) is 0 Å². The highest BCUT2D eigenvalue weighted by atomic mass is 32.1. The van der Waals surface area contributed by atoms with Crippen LogP contribution in [0.25, 0.3) is 96.6 Å². The molecule has 0 bridgehead atoms. The first-order valence-electron chi connectivity index (χ1n) is 27.9. The number of fused-ring (bicyclic) bond motifs is 8. The van der Waals surface area contributed by atoms with E-state index in [2.05, 4.69) is 0 Å². The van der Waals surface area contributed by atoms with Gasteiger partial charge in [0.15, 0.2) is 0 Å². The van der Waals surface area contributed by atoms with Crippen molar-refractivity contribution >= 4 is 74.6 Å².